The number of rotatable bonds is 9. The summed E-state index contributed by atoms with van der Waals surface area (Å²) < 4.78 is 5.83. The highest BCUT2D eigenvalue weighted by atomic mass is 16.5. The summed E-state index contributed by atoms with van der Waals surface area (Å²) in [6.45, 7) is 12.3. The quantitative estimate of drug-likeness (QED) is 0.151. The van der Waals surface area contributed by atoms with Crippen LogP contribution in [0.2, 0.25) is 0 Å². The Morgan fingerprint density at radius 1 is 0.774 bits per heavy atom. The predicted octanol–water partition coefficient (Wildman–Crippen LogP) is 9.32. The Labute approximate surface area is 312 Å². The van der Waals surface area contributed by atoms with Gasteiger partial charge in [-0.1, -0.05) is 118 Å². The number of hydrogen-bond acceptors (Lipinski definition) is 6. The van der Waals surface area contributed by atoms with Crippen LogP contribution in [-0.4, -0.2) is 55.3 Å². The van der Waals surface area contributed by atoms with Gasteiger partial charge in [-0.05, 0) is 83.7 Å². The number of nitrogens with one attached hydrogen (secondary N) is 1. The van der Waals surface area contributed by atoms with E-state index < -0.39 is 5.54 Å². The lowest BCUT2D eigenvalue weighted by Gasteiger charge is -2.38. The third-order valence-electron chi connectivity index (χ3n) is 10.2. The number of pyridine rings is 1. The zero-order chi connectivity index (χ0) is 37.0. The summed E-state index contributed by atoms with van der Waals surface area (Å²) in [7, 11) is 0. The zero-order valence-corrected chi connectivity index (χ0v) is 31.1. The van der Waals surface area contributed by atoms with Crippen LogP contribution in [0.5, 0.6) is 5.88 Å². The molecule has 1 N–H and O–H groups in total. The first-order valence-electron chi connectivity index (χ1n) is 18.4. The number of aromatic nitrogens is 5. The molecule has 0 spiro atoms. The topological polar surface area (TPSA) is 98.1 Å². The molecule has 0 saturated carbocycles. The summed E-state index contributed by atoms with van der Waals surface area (Å²) in [5.74, 6) is 1.55. The van der Waals surface area contributed by atoms with E-state index in [0.29, 0.717) is 28.9 Å². The number of piperidine rings is 1. The number of hydrogen-bond donors (Lipinski definition) is 1. The average molecular weight is 706 g/mol. The fraction of sp³-hybridized carbons (Fsp3) is 0.295. The van der Waals surface area contributed by atoms with Crippen molar-refractivity contribution in [2.75, 3.05) is 18.4 Å². The number of amides is 2. The van der Waals surface area contributed by atoms with Crippen molar-refractivity contribution in [2.24, 2.45) is 11.3 Å². The average Bonchev–Trinajstić information content (AvgIpc) is 3.67. The molecule has 270 valence electrons. The van der Waals surface area contributed by atoms with Crippen LogP contribution in [0.25, 0.3) is 22.5 Å². The first kappa shape index (κ1) is 35.6. The molecule has 9 nitrogen and oxygen atoms in total. The van der Waals surface area contributed by atoms with E-state index in [1.54, 1.807) is 11.0 Å². The summed E-state index contributed by atoms with van der Waals surface area (Å²) in [6.07, 6.45) is 3.78. The Bertz CT molecular complexity index is 2020. The number of nitrogens with zero attached hydrogens (tertiary/aromatic N) is 6. The van der Waals surface area contributed by atoms with Gasteiger partial charge in [0.1, 0.15) is 0 Å². The summed E-state index contributed by atoms with van der Waals surface area (Å²) in [6, 6.07) is 40.4. The highest BCUT2D eigenvalue weighted by molar-refractivity contribution is 5.92. The van der Waals surface area contributed by atoms with Gasteiger partial charge in [0.2, 0.25) is 11.7 Å². The van der Waals surface area contributed by atoms with Crippen LogP contribution in [0.4, 0.5) is 10.5 Å². The molecule has 9 heteroatoms. The van der Waals surface area contributed by atoms with Crippen molar-refractivity contribution in [1.82, 2.24) is 30.1 Å². The Hall–Kier alpha value is -5.83. The maximum Gasteiger partial charge on any atom is 0.321 e. The van der Waals surface area contributed by atoms with Gasteiger partial charge in [-0.3, -0.25) is 0 Å². The van der Waals surface area contributed by atoms with E-state index in [-0.39, 0.29) is 17.6 Å². The van der Waals surface area contributed by atoms with Crippen molar-refractivity contribution < 1.29 is 9.53 Å². The van der Waals surface area contributed by atoms with Crippen molar-refractivity contribution in [2.45, 2.75) is 59.1 Å². The molecule has 53 heavy (non-hydrogen) atoms. The largest absolute Gasteiger partial charge is 0.475 e. The van der Waals surface area contributed by atoms with Gasteiger partial charge < -0.3 is 15.0 Å². The highest BCUT2D eigenvalue weighted by Gasteiger charge is 2.41. The van der Waals surface area contributed by atoms with Gasteiger partial charge in [0.05, 0.1) is 6.10 Å². The number of ether oxygens (including phenoxy) is 1. The lowest BCUT2D eigenvalue weighted by atomic mass is 9.75. The molecule has 1 aliphatic heterocycles. The van der Waals surface area contributed by atoms with Crippen molar-refractivity contribution >= 4 is 11.7 Å². The van der Waals surface area contributed by atoms with Crippen LogP contribution in [0, 0.1) is 11.3 Å². The molecule has 3 heterocycles. The molecule has 6 aromatic rings. The number of anilines is 1. The highest BCUT2D eigenvalue weighted by Crippen LogP contribution is 2.41. The van der Waals surface area contributed by atoms with Gasteiger partial charge in [0.25, 0.3) is 0 Å². The van der Waals surface area contributed by atoms with Crippen LogP contribution >= 0.6 is 0 Å². The maximum absolute atomic E-state index is 13.6. The Morgan fingerprint density at radius 2 is 1.36 bits per heavy atom. The van der Waals surface area contributed by atoms with Gasteiger partial charge in [0, 0.05) is 42.2 Å². The first-order chi connectivity index (χ1) is 25.6. The maximum atomic E-state index is 13.6. The summed E-state index contributed by atoms with van der Waals surface area (Å²) >= 11 is 0. The third-order valence-corrected chi connectivity index (χ3v) is 10.2. The number of benzene rings is 4. The van der Waals surface area contributed by atoms with Crippen molar-refractivity contribution in [3.8, 4) is 28.4 Å². The number of tetrazole rings is 1. The minimum atomic E-state index is -0.933. The summed E-state index contributed by atoms with van der Waals surface area (Å²) in [5, 5.41) is 17.9. The first-order valence-corrected chi connectivity index (χ1v) is 18.4. The zero-order valence-electron chi connectivity index (χ0n) is 31.1. The van der Waals surface area contributed by atoms with Crippen LogP contribution < -0.4 is 10.1 Å². The molecule has 0 atom stereocenters. The van der Waals surface area contributed by atoms with Crippen LogP contribution in [0.15, 0.2) is 128 Å². The van der Waals surface area contributed by atoms with E-state index >= 15 is 0 Å². The molecular formula is C44H47N7O2. The minimum absolute atomic E-state index is 0.00408. The molecule has 0 aliphatic carbocycles. The van der Waals surface area contributed by atoms with Crippen LogP contribution in [0.3, 0.4) is 0 Å². The van der Waals surface area contributed by atoms with E-state index in [9.17, 15) is 4.79 Å². The van der Waals surface area contributed by atoms with Gasteiger partial charge in [-0.15, -0.1) is 15.0 Å². The monoisotopic (exact) mass is 705 g/mol. The van der Waals surface area contributed by atoms with Gasteiger partial charge in [-0.25, -0.2) is 9.78 Å². The van der Waals surface area contributed by atoms with Gasteiger partial charge in [0.15, 0.2) is 5.54 Å². The van der Waals surface area contributed by atoms with E-state index in [1.165, 1.54) is 0 Å². The SMILES string of the molecule is CC(C)Oc1ccc(-c2ccc(NC(=O)N3CCC(C(C)(C)C)CC3)cc2-c2nnn(C(c3ccccc3)(c3ccccc3)c3ccccc3)n2)cn1. The molecular weight excluding hydrogens is 659 g/mol. The van der Waals surface area contributed by atoms with E-state index in [1.807, 2.05) is 104 Å². The number of likely N-dealkylation sites (tertiary alicyclic amines) is 1. The molecule has 1 aliphatic rings. The number of urea groups is 1. The fourth-order valence-electron chi connectivity index (χ4n) is 7.41. The van der Waals surface area contributed by atoms with E-state index in [4.69, 9.17) is 20.1 Å². The molecule has 1 fully saturated rings. The molecule has 2 amide bonds. The molecule has 0 unspecified atom stereocenters. The second-order valence-electron chi connectivity index (χ2n) is 15.1. The molecule has 4 aromatic carbocycles. The second kappa shape index (κ2) is 15.0. The molecule has 7 rings (SSSR count). The smallest absolute Gasteiger partial charge is 0.321 e. The Morgan fingerprint density at radius 3 is 1.87 bits per heavy atom. The Kier molecular flexibility index (Phi) is 10.1. The fourth-order valence-corrected chi connectivity index (χ4v) is 7.41. The Balaban J connectivity index is 1.32. The van der Waals surface area contributed by atoms with E-state index in [2.05, 4.69) is 67.5 Å². The lowest BCUT2D eigenvalue weighted by molar-refractivity contribution is 0.128. The van der Waals surface area contributed by atoms with E-state index in [0.717, 1.165) is 53.7 Å². The van der Waals surface area contributed by atoms with Gasteiger partial charge in [-0.2, -0.15) is 0 Å². The van der Waals surface area contributed by atoms with Gasteiger partial charge >= 0.3 is 6.03 Å². The number of carbonyl (C=O) groups excluding carboxylic acids is 1. The lowest BCUT2D eigenvalue weighted by Crippen LogP contribution is -2.43. The third kappa shape index (κ3) is 7.42. The molecule has 2 aromatic heterocycles. The van der Waals surface area contributed by atoms with Crippen molar-refractivity contribution in [3.63, 3.8) is 0 Å². The predicted molar refractivity (Wildman–Crippen MR) is 210 cm³/mol. The molecule has 0 bridgehead atoms. The van der Waals surface area contributed by atoms with Crippen molar-refractivity contribution in [1.29, 1.82) is 0 Å². The minimum Gasteiger partial charge on any atom is -0.475 e. The molecule has 0 radical (unpaired) electrons. The number of carbonyl (C=O) groups is 1. The summed E-state index contributed by atoms with van der Waals surface area (Å²) in [5.41, 5.74) is 5.33. The van der Waals surface area contributed by atoms with Crippen LogP contribution in [-0.2, 0) is 5.54 Å². The van der Waals surface area contributed by atoms with Crippen molar-refractivity contribution in [3.05, 3.63) is 144 Å². The summed E-state index contributed by atoms with van der Waals surface area (Å²) in [4.78, 5) is 21.8. The second-order valence-corrected chi connectivity index (χ2v) is 15.1. The standard InChI is InChI=1S/C44H47N7O2/c1-31(2)53-40-24-21-32(30-45-40)38-23-22-37(46-42(52)50-27-25-33(26-28-50)43(3,4)5)29-39(38)41-47-49-51(48-41)44(34-15-9-6-10-16-34,35-17-11-7-12-18-35)36-19-13-8-14-20-36/h6-24,29-31,33H,25-28H2,1-5H3,(H,46,52). The van der Waals surface area contributed by atoms with Crippen LogP contribution in [0.1, 0.15) is 64.2 Å². The normalized spacial score (nSPS) is 14.0. The molecule has 1 saturated heterocycles.